The first-order chi connectivity index (χ1) is 11.8. The molecule has 0 saturated carbocycles. The van der Waals surface area contributed by atoms with E-state index in [1.54, 1.807) is 6.20 Å². The lowest BCUT2D eigenvalue weighted by Gasteiger charge is -2.36. The number of anilines is 2. The first-order valence-corrected chi connectivity index (χ1v) is 8.31. The molecule has 4 heterocycles. The Labute approximate surface area is 140 Å². The van der Waals surface area contributed by atoms with Crippen molar-refractivity contribution < 1.29 is 9.84 Å². The number of aliphatic hydroxyl groups excluding tert-OH is 1. The number of pyridine rings is 1. The van der Waals surface area contributed by atoms with Gasteiger partial charge in [-0.3, -0.25) is 4.98 Å². The fourth-order valence-corrected chi connectivity index (χ4v) is 2.96. The maximum Gasteiger partial charge on any atom is 0.227 e. The van der Waals surface area contributed by atoms with Crippen LogP contribution >= 0.6 is 0 Å². The molecule has 2 N–H and O–H groups in total. The van der Waals surface area contributed by atoms with E-state index in [2.05, 4.69) is 15.3 Å². The maximum absolute atomic E-state index is 9.54. The number of nitrogens with zero attached hydrogens (tertiary/aromatic N) is 4. The summed E-state index contributed by atoms with van der Waals surface area (Å²) in [6, 6.07) is 7.85. The van der Waals surface area contributed by atoms with Gasteiger partial charge in [-0.1, -0.05) is 6.07 Å². The fraction of sp³-hybridized carbons (Fsp3) is 0.471. The van der Waals surface area contributed by atoms with E-state index < -0.39 is 0 Å². The molecular weight excluding hydrogens is 306 g/mol. The summed E-state index contributed by atoms with van der Waals surface area (Å²) in [5.41, 5.74) is 1.96. The summed E-state index contributed by atoms with van der Waals surface area (Å²) >= 11 is 0. The van der Waals surface area contributed by atoms with Crippen LogP contribution in [0.1, 0.15) is 23.7 Å². The molecule has 24 heavy (non-hydrogen) atoms. The number of hydrogen-bond donors (Lipinski definition) is 2. The third-order valence-electron chi connectivity index (χ3n) is 4.40. The molecule has 7 heteroatoms. The van der Waals surface area contributed by atoms with Crippen LogP contribution in [-0.4, -0.2) is 52.5 Å². The second-order valence-corrected chi connectivity index (χ2v) is 6.27. The Morgan fingerprint density at radius 3 is 2.92 bits per heavy atom. The van der Waals surface area contributed by atoms with E-state index in [1.807, 2.05) is 29.2 Å². The maximum atomic E-state index is 9.54. The molecule has 0 spiro atoms. The SMILES string of the molecule is OC1CN(c2nc(NCc3ccccn3)cc([C@@H]3CCOC3)n2)C1. The monoisotopic (exact) mass is 327 g/mol. The molecule has 0 aromatic carbocycles. The Kier molecular flexibility index (Phi) is 4.27. The van der Waals surface area contributed by atoms with E-state index >= 15 is 0 Å². The second-order valence-electron chi connectivity index (χ2n) is 6.27. The molecule has 2 fully saturated rings. The van der Waals surface area contributed by atoms with Gasteiger partial charge in [0.2, 0.25) is 5.95 Å². The van der Waals surface area contributed by atoms with Gasteiger partial charge in [-0.05, 0) is 18.6 Å². The molecule has 0 bridgehead atoms. The summed E-state index contributed by atoms with van der Waals surface area (Å²) in [5.74, 6) is 1.77. The minimum absolute atomic E-state index is 0.281. The van der Waals surface area contributed by atoms with Crippen molar-refractivity contribution >= 4 is 11.8 Å². The zero-order valence-electron chi connectivity index (χ0n) is 13.4. The summed E-state index contributed by atoms with van der Waals surface area (Å²) in [4.78, 5) is 15.6. The zero-order chi connectivity index (χ0) is 16.4. The molecule has 2 aromatic rings. The summed E-state index contributed by atoms with van der Waals surface area (Å²) < 4.78 is 5.49. The smallest absolute Gasteiger partial charge is 0.227 e. The van der Waals surface area contributed by atoms with Gasteiger partial charge in [-0.2, -0.15) is 4.98 Å². The Morgan fingerprint density at radius 2 is 2.21 bits per heavy atom. The van der Waals surface area contributed by atoms with Crippen molar-refractivity contribution in [2.24, 2.45) is 0 Å². The van der Waals surface area contributed by atoms with E-state index in [4.69, 9.17) is 9.72 Å². The van der Waals surface area contributed by atoms with Crippen LogP contribution in [-0.2, 0) is 11.3 Å². The number of aromatic nitrogens is 3. The number of aliphatic hydroxyl groups is 1. The van der Waals surface area contributed by atoms with Gasteiger partial charge in [0.25, 0.3) is 0 Å². The molecule has 126 valence electrons. The van der Waals surface area contributed by atoms with Gasteiger partial charge in [-0.25, -0.2) is 4.98 Å². The van der Waals surface area contributed by atoms with Gasteiger partial charge in [0.1, 0.15) is 5.82 Å². The summed E-state index contributed by atoms with van der Waals surface area (Å²) in [6.07, 6.45) is 2.49. The summed E-state index contributed by atoms with van der Waals surface area (Å²) in [6.45, 7) is 3.27. The van der Waals surface area contributed by atoms with Gasteiger partial charge >= 0.3 is 0 Å². The normalized spacial score (nSPS) is 20.9. The lowest BCUT2D eigenvalue weighted by Crippen LogP contribution is -2.51. The first kappa shape index (κ1) is 15.3. The Balaban J connectivity index is 1.55. The molecule has 2 saturated heterocycles. The van der Waals surface area contributed by atoms with Crippen molar-refractivity contribution in [2.75, 3.05) is 36.5 Å². The largest absolute Gasteiger partial charge is 0.389 e. The van der Waals surface area contributed by atoms with Gasteiger partial charge in [0.05, 0.1) is 30.6 Å². The molecule has 0 radical (unpaired) electrons. The number of nitrogens with one attached hydrogen (secondary N) is 1. The Morgan fingerprint density at radius 1 is 1.29 bits per heavy atom. The molecule has 1 atom stereocenters. The number of ether oxygens (including phenoxy) is 1. The highest BCUT2D eigenvalue weighted by Crippen LogP contribution is 2.28. The minimum atomic E-state index is -0.281. The third-order valence-corrected chi connectivity index (χ3v) is 4.40. The Bertz CT molecular complexity index is 685. The molecule has 0 aliphatic carbocycles. The molecule has 2 aromatic heterocycles. The van der Waals surface area contributed by atoms with Crippen molar-refractivity contribution in [3.8, 4) is 0 Å². The second kappa shape index (κ2) is 6.70. The van der Waals surface area contributed by atoms with Crippen molar-refractivity contribution in [2.45, 2.75) is 25.0 Å². The van der Waals surface area contributed by atoms with Crippen LogP contribution in [0.4, 0.5) is 11.8 Å². The highest BCUT2D eigenvalue weighted by atomic mass is 16.5. The molecule has 0 unspecified atom stereocenters. The van der Waals surface area contributed by atoms with Crippen LogP contribution in [0.2, 0.25) is 0 Å². The van der Waals surface area contributed by atoms with Gasteiger partial charge in [0, 0.05) is 37.9 Å². The summed E-state index contributed by atoms with van der Waals surface area (Å²) in [5, 5.41) is 12.9. The average molecular weight is 327 g/mol. The predicted molar refractivity (Wildman–Crippen MR) is 90.0 cm³/mol. The number of hydrogen-bond acceptors (Lipinski definition) is 7. The van der Waals surface area contributed by atoms with E-state index in [0.29, 0.717) is 38.1 Å². The van der Waals surface area contributed by atoms with Gasteiger partial charge in [0.15, 0.2) is 0 Å². The molecule has 2 aliphatic heterocycles. The zero-order valence-corrected chi connectivity index (χ0v) is 13.4. The number of β-amino-alcohol motifs (C(OH)–C–C–N with tert-alkyl or cyclic N) is 1. The minimum Gasteiger partial charge on any atom is -0.389 e. The van der Waals surface area contributed by atoms with Crippen LogP contribution in [0.15, 0.2) is 30.5 Å². The molecule has 0 amide bonds. The average Bonchev–Trinajstić information content (AvgIpc) is 3.12. The molecule has 2 aliphatic rings. The van der Waals surface area contributed by atoms with E-state index in [0.717, 1.165) is 30.2 Å². The van der Waals surface area contributed by atoms with Crippen LogP contribution in [0.25, 0.3) is 0 Å². The van der Waals surface area contributed by atoms with Gasteiger partial charge < -0.3 is 20.1 Å². The van der Waals surface area contributed by atoms with Crippen LogP contribution in [0.5, 0.6) is 0 Å². The van der Waals surface area contributed by atoms with E-state index in [1.165, 1.54) is 0 Å². The Hall–Kier alpha value is -2.25. The lowest BCUT2D eigenvalue weighted by atomic mass is 10.0. The van der Waals surface area contributed by atoms with Gasteiger partial charge in [-0.15, -0.1) is 0 Å². The fourth-order valence-electron chi connectivity index (χ4n) is 2.96. The quantitative estimate of drug-likeness (QED) is 0.853. The van der Waals surface area contributed by atoms with Crippen LogP contribution in [0.3, 0.4) is 0 Å². The van der Waals surface area contributed by atoms with Crippen molar-refractivity contribution in [3.05, 3.63) is 41.9 Å². The highest BCUT2D eigenvalue weighted by Gasteiger charge is 2.28. The summed E-state index contributed by atoms with van der Waals surface area (Å²) in [7, 11) is 0. The van der Waals surface area contributed by atoms with Crippen molar-refractivity contribution in [1.29, 1.82) is 0 Å². The molecule has 4 rings (SSSR count). The topological polar surface area (TPSA) is 83.4 Å². The van der Waals surface area contributed by atoms with E-state index in [9.17, 15) is 5.11 Å². The first-order valence-electron chi connectivity index (χ1n) is 8.31. The van der Waals surface area contributed by atoms with E-state index in [-0.39, 0.29) is 6.10 Å². The standard InChI is InChI=1S/C17H21N5O2/c23-14-9-22(10-14)17-20-15(12-4-6-24-11-12)7-16(21-17)19-8-13-3-1-2-5-18-13/h1-3,5,7,12,14,23H,4,6,8-11H2,(H,19,20,21)/t12-/m1/s1. The van der Waals surface area contributed by atoms with Crippen molar-refractivity contribution in [1.82, 2.24) is 15.0 Å². The van der Waals surface area contributed by atoms with Crippen LogP contribution < -0.4 is 10.2 Å². The van der Waals surface area contributed by atoms with Crippen molar-refractivity contribution in [3.63, 3.8) is 0 Å². The third kappa shape index (κ3) is 3.32. The lowest BCUT2D eigenvalue weighted by molar-refractivity contribution is 0.140. The molecular formula is C17H21N5O2. The highest BCUT2D eigenvalue weighted by molar-refractivity contribution is 5.46. The van der Waals surface area contributed by atoms with Crippen LogP contribution in [0, 0.1) is 0 Å². The predicted octanol–water partition coefficient (Wildman–Crippen LogP) is 1.17. The number of rotatable bonds is 5. The molecule has 7 nitrogen and oxygen atoms in total.